The van der Waals surface area contributed by atoms with Crippen molar-refractivity contribution in [3.63, 3.8) is 0 Å². The number of carbonyl (C=O) groups is 2. The molecule has 0 unspecified atom stereocenters. The van der Waals surface area contributed by atoms with Gasteiger partial charge in [0.05, 0.1) is 38.2 Å². The molecule has 1 saturated carbocycles. The molecule has 12 heteroatoms. The summed E-state index contributed by atoms with van der Waals surface area (Å²) in [6.07, 6.45) is -0.897. The summed E-state index contributed by atoms with van der Waals surface area (Å²) in [6.45, 7) is 5.04. The van der Waals surface area contributed by atoms with E-state index >= 15 is 0 Å². The predicted octanol–water partition coefficient (Wildman–Crippen LogP) is -0.628. The van der Waals surface area contributed by atoms with Crippen LogP contribution in [0.2, 0.25) is 0 Å². The van der Waals surface area contributed by atoms with Crippen LogP contribution in [0.5, 0.6) is 0 Å². The zero-order valence-electron chi connectivity index (χ0n) is 23.7. The van der Waals surface area contributed by atoms with Crippen LogP contribution in [0.3, 0.4) is 0 Å². The first kappa shape index (κ1) is 30.5. The number of ether oxygens (including phenoxy) is 4. The largest absolute Gasteiger partial charge is 0.481 e. The first-order valence-corrected chi connectivity index (χ1v) is 14.3. The van der Waals surface area contributed by atoms with Gasteiger partial charge in [0.2, 0.25) is 0 Å². The molecule has 2 aliphatic carbocycles. The Morgan fingerprint density at radius 3 is 2.69 bits per heavy atom. The Hall–Kier alpha value is -3.00. The first-order chi connectivity index (χ1) is 20.1. The predicted molar refractivity (Wildman–Crippen MR) is 147 cm³/mol. The average Bonchev–Trinajstić information content (AvgIpc) is 3.41. The van der Waals surface area contributed by atoms with Crippen molar-refractivity contribution in [2.24, 2.45) is 11.8 Å². The lowest BCUT2D eigenvalue weighted by Gasteiger charge is -2.60. The molecular weight excluding hydrogens is 550 g/mol. The molecule has 2 aliphatic heterocycles. The third-order valence-corrected chi connectivity index (χ3v) is 9.21. The van der Waals surface area contributed by atoms with Crippen LogP contribution in [0.15, 0.2) is 30.4 Å². The van der Waals surface area contributed by atoms with Gasteiger partial charge in [0.15, 0.2) is 11.9 Å². The van der Waals surface area contributed by atoms with Gasteiger partial charge in [-0.2, -0.15) is 0 Å². The Balaban J connectivity index is 1.53. The zero-order chi connectivity index (χ0) is 30.4. The Kier molecular flexibility index (Phi) is 8.40. The highest BCUT2D eigenvalue weighted by Gasteiger charge is 2.70. The second-order valence-corrected chi connectivity index (χ2v) is 11.3. The SMILES string of the molecule is C=C[C@@H]1[C@H](CC(=O)O)C(C(=O)OC)=CC[C@H]1O[C@@H]1O[C@H](CO)[C@]23OC(CCO)=c4[nH]c(CC)cc4=C2CC[C@@]1(O)[C@H]3O. The molecule has 1 saturated heterocycles. The third kappa shape index (κ3) is 4.61. The molecule has 0 aromatic carbocycles. The summed E-state index contributed by atoms with van der Waals surface area (Å²) in [5.41, 5.74) is -1.80. The Morgan fingerprint density at radius 1 is 1.31 bits per heavy atom. The average molecular weight is 590 g/mol. The summed E-state index contributed by atoms with van der Waals surface area (Å²) in [4.78, 5) is 27.5. The number of H-pyrrole nitrogens is 1. The summed E-state index contributed by atoms with van der Waals surface area (Å²) in [5.74, 6) is -2.85. The Labute approximate surface area is 242 Å². The van der Waals surface area contributed by atoms with Crippen LogP contribution in [0.1, 0.15) is 44.7 Å². The van der Waals surface area contributed by atoms with E-state index in [1.54, 1.807) is 6.08 Å². The number of aromatic nitrogens is 1. The lowest BCUT2D eigenvalue weighted by atomic mass is 9.63. The number of hydrogen-bond donors (Lipinski definition) is 6. The minimum atomic E-state index is -1.97. The topological polar surface area (TPSA) is 188 Å². The van der Waals surface area contributed by atoms with E-state index in [9.17, 15) is 35.1 Å². The standard InChI is InChI=1S/C30H39NO11/c1-4-15-12-19-20-8-10-29(38)27(37)30(20,42-22(9-11-32)25(19)31-15)23(14-33)41-28(29)40-21-7-6-17(26(36)39-3)18(13-24(34)35)16(21)5-2/h5-6,12,16,18,21,23,27-28,31-33,37-38H,2,4,7-11,13-14H2,1,3H3,(H,34,35)/t16-,18+,21-,23-,27-,28-,29-,30-/m1/s1. The smallest absolute Gasteiger partial charge is 0.333 e. The molecule has 1 spiro atoms. The number of rotatable bonds is 10. The van der Waals surface area contributed by atoms with Crippen LogP contribution >= 0.6 is 0 Å². The molecule has 1 aromatic rings. The molecule has 6 N–H and O–H groups in total. The quantitative estimate of drug-likeness (QED) is 0.151. The fraction of sp³-hybridized carbons (Fsp3) is 0.600. The fourth-order valence-corrected chi connectivity index (χ4v) is 7.15. The maximum absolute atomic E-state index is 12.4. The first-order valence-electron chi connectivity index (χ1n) is 14.3. The second-order valence-electron chi connectivity index (χ2n) is 11.3. The van der Waals surface area contributed by atoms with Crippen molar-refractivity contribution in [3.8, 4) is 0 Å². The molecule has 12 nitrogen and oxygen atoms in total. The molecule has 4 aliphatic rings. The van der Waals surface area contributed by atoms with E-state index in [2.05, 4.69) is 11.6 Å². The van der Waals surface area contributed by atoms with Crippen LogP contribution < -0.4 is 10.6 Å². The molecule has 0 radical (unpaired) electrons. The van der Waals surface area contributed by atoms with Gasteiger partial charge in [-0.1, -0.05) is 19.1 Å². The van der Waals surface area contributed by atoms with Crippen molar-refractivity contribution in [2.75, 3.05) is 20.3 Å². The van der Waals surface area contributed by atoms with E-state index < -0.39 is 66.2 Å². The number of nitrogens with one attached hydrogen (secondary N) is 1. The van der Waals surface area contributed by atoms with Gasteiger partial charge in [0, 0.05) is 34.7 Å². The van der Waals surface area contributed by atoms with Crippen molar-refractivity contribution in [1.29, 1.82) is 0 Å². The van der Waals surface area contributed by atoms with Crippen LogP contribution in [0.4, 0.5) is 0 Å². The second kappa shape index (κ2) is 11.6. The number of esters is 1. The summed E-state index contributed by atoms with van der Waals surface area (Å²) in [5, 5.41) is 55.3. The number of hydrogen-bond acceptors (Lipinski definition) is 10. The molecule has 2 fully saturated rings. The van der Waals surface area contributed by atoms with E-state index in [1.807, 2.05) is 13.0 Å². The molecular formula is C30H39NO11. The number of aliphatic hydroxyl groups is 4. The van der Waals surface area contributed by atoms with Gasteiger partial charge in [-0.15, -0.1) is 6.58 Å². The molecule has 2 bridgehead atoms. The van der Waals surface area contributed by atoms with Gasteiger partial charge >= 0.3 is 11.9 Å². The molecule has 42 heavy (non-hydrogen) atoms. The van der Waals surface area contributed by atoms with E-state index in [-0.39, 0.29) is 37.9 Å². The summed E-state index contributed by atoms with van der Waals surface area (Å²) < 4.78 is 23.9. The van der Waals surface area contributed by atoms with Crippen LogP contribution in [0, 0.1) is 11.8 Å². The Morgan fingerprint density at radius 2 is 2.07 bits per heavy atom. The Bertz CT molecular complexity index is 1400. The van der Waals surface area contributed by atoms with Crippen molar-refractivity contribution in [2.45, 2.75) is 81.3 Å². The third-order valence-electron chi connectivity index (χ3n) is 9.21. The number of aromatic amines is 1. The van der Waals surface area contributed by atoms with Crippen LogP contribution in [-0.2, 0) is 35.0 Å². The minimum absolute atomic E-state index is 0.0477. The van der Waals surface area contributed by atoms with Gasteiger partial charge < -0.3 is 49.5 Å². The monoisotopic (exact) mass is 589 g/mol. The molecule has 230 valence electrons. The number of aliphatic hydroxyl groups excluding tert-OH is 3. The highest BCUT2D eigenvalue weighted by atomic mass is 16.7. The molecule has 3 heterocycles. The van der Waals surface area contributed by atoms with Gasteiger partial charge in [0.25, 0.3) is 0 Å². The van der Waals surface area contributed by atoms with Crippen molar-refractivity contribution < 1.29 is 54.1 Å². The van der Waals surface area contributed by atoms with Crippen molar-refractivity contribution in [1.82, 2.24) is 4.98 Å². The van der Waals surface area contributed by atoms with Gasteiger partial charge in [-0.3, -0.25) is 4.79 Å². The fourth-order valence-electron chi connectivity index (χ4n) is 7.15. The van der Waals surface area contributed by atoms with Gasteiger partial charge in [0.1, 0.15) is 23.6 Å². The maximum atomic E-state index is 12.4. The maximum Gasteiger partial charge on any atom is 0.333 e. The summed E-state index contributed by atoms with van der Waals surface area (Å²) in [6, 6.07) is 1.96. The molecule has 1 aromatic heterocycles. The summed E-state index contributed by atoms with van der Waals surface area (Å²) >= 11 is 0. The summed E-state index contributed by atoms with van der Waals surface area (Å²) in [7, 11) is 1.22. The van der Waals surface area contributed by atoms with Crippen LogP contribution in [-0.4, -0.2) is 98.6 Å². The molecule has 0 amide bonds. The number of aryl methyl sites for hydroxylation is 1. The normalized spacial score (nSPS) is 35.4. The van der Waals surface area contributed by atoms with Crippen molar-refractivity contribution >= 4 is 23.3 Å². The van der Waals surface area contributed by atoms with Gasteiger partial charge in [-0.05, 0) is 37.3 Å². The number of fused-ring (bicyclic) bond motifs is 2. The van der Waals surface area contributed by atoms with E-state index in [1.165, 1.54) is 13.2 Å². The van der Waals surface area contributed by atoms with E-state index in [0.717, 1.165) is 10.9 Å². The zero-order valence-corrected chi connectivity index (χ0v) is 23.7. The number of aliphatic carboxylic acids is 1. The van der Waals surface area contributed by atoms with E-state index in [0.29, 0.717) is 29.5 Å². The van der Waals surface area contributed by atoms with Crippen LogP contribution in [0.25, 0.3) is 11.3 Å². The number of methoxy groups -OCH3 is 1. The van der Waals surface area contributed by atoms with E-state index in [4.69, 9.17) is 18.9 Å². The highest BCUT2D eigenvalue weighted by Crippen LogP contribution is 2.53. The lowest BCUT2D eigenvalue weighted by molar-refractivity contribution is -0.372. The molecule has 5 rings (SSSR count). The number of carboxylic acid groups (broad SMARTS) is 1. The number of carboxylic acids is 1. The number of carbonyl (C=O) groups excluding carboxylic acids is 1. The highest BCUT2D eigenvalue weighted by molar-refractivity contribution is 5.90. The molecule has 8 atom stereocenters. The lowest BCUT2D eigenvalue weighted by Crippen LogP contribution is -2.78. The minimum Gasteiger partial charge on any atom is -0.481 e. The van der Waals surface area contributed by atoms with Gasteiger partial charge in [-0.25, -0.2) is 4.79 Å². The van der Waals surface area contributed by atoms with Crippen molar-refractivity contribution in [3.05, 3.63) is 46.6 Å².